The second kappa shape index (κ2) is 5.57. The first kappa shape index (κ1) is 15.4. The number of rotatable bonds is 4. The number of aliphatic carboxylic acids is 1. The number of piperazine rings is 1. The largest absolute Gasteiger partial charge is 0.481 e. The number of carboxylic acids is 1. The highest BCUT2D eigenvalue weighted by Gasteiger charge is 2.35. The lowest BCUT2D eigenvalue weighted by molar-refractivity contribution is -0.149. The highest BCUT2D eigenvalue weighted by atomic mass is 16.4. The Morgan fingerprint density at radius 2 is 1.61 bits per heavy atom. The van der Waals surface area contributed by atoms with Crippen molar-refractivity contribution in [3.8, 4) is 0 Å². The van der Waals surface area contributed by atoms with Crippen LogP contribution in [0, 0.1) is 5.41 Å². The van der Waals surface area contributed by atoms with Gasteiger partial charge in [0, 0.05) is 38.3 Å². The third kappa shape index (κ3) is 3.69. The number of hydrogen-bond donors (Lipinski definition) is 1. The molecule has 4 nitrogen and oxygen atoms in total. The number of nitrogens with zero attached hydrogens (tertiary/aromatic N) is 2. The fourth-order valence-electron chi connectivity index (χ4n) is 2.40. The van der Waals surface area contributed by atoms with Gasteiger partial charge in [-0.15, -0.1) is 0 Å². The first-order chi connectivity index (χ1) is 8.19. The van der Waals surface area contributed by atoms with Crippen LogP contribution in [-0.4, -0.2) is 59.1 Å². The predicted molar refractivity (Wildman–Crippen MR) is 73.8 cm³/mol. The van der Waals surface area contributed by atoms with Crippen LogP contribution in [0.4, 0.5) is 0 Å². The maximum atomic E-state index is 11.3. The molecule has 0 amide bonds. The summed E-state index contributed by atoms with van der Waals surface area (Å²) in [6.07, 6.45) is 0.682. The second-order valence-electron chi connectivity index (χ2n) is 6.65. The molecule has 0 bridgehead atoms. The van der Waals surface area contributed by atoms with Gasteiger partial charge in [0.25, 0.3) is 0 Å². The molecule has 1 unspecified atom stereocenters. The third-order valence-corrected chi connectivity index (χ3v) is 4.19. The van der Waals surface area contributed by atoms with Crippen LogP contribution in [-0.2, 0) is 4.79 Å². The topological polar surface area (TPSA) is 43.8 Å². The van der Waals surface area contributed by atoms with Crippen LogP contribution in [0.1, 0.15) is 41.0 Å². The average Bonchev–Trinajstić information content (AvgIpc) is 2.28. The van der Waals surface area contributed by atoms with E-state index in [0.29, 0.717) is 13.0 Å². The quantitative estimate of drug-likeness (QED) is 0.834. The molecular formula is C14H28N2O2. The second-order valence-corrected chi connectivity index (χ2v) is 6.65. The van der Waals surface area contributed by atoms with E-state index in [0.717, 1.165) is 26.2 Å². The summed E-state index contributed by atoms with van der Waals surface area (Å²) >= 11 is 0. The summed E-state index contributed by atoms with van der Waals surface area (Å²) in [5.74, 6) is -0.678. The summed E-state index contributed by atoms with van der Waals surface area (Å²) < 4.78 is 0. The minimum absolute atomic E-state index is 0.215. The van der Waals surface area contributed by atoms with Gasteiger partial charge in [-0.2, -0.15) is 0 Å². The van der Waals surface area contributed by atoms with Crippen LogP contribution in [0.15, 0.2) is 0 Å². The molecule has 1 aliphatic heterocycles. The van der Waals surface area contributed by atoms with Crippen molar-refractivity contribution in [1.82, 2.24) is 9.80 Å². The molecule has 1 atom stereocenters. The zero-order chi connectivity index (χ0) is 14.0. The maximum absolute atomic E-state index is 11.3. The van der Waals surface area contributed by atoms with Gasteiger partial charge in [0.1, 0.15) is 0 Å². The summed E-state index contributed by atoms with van der Waals surface area (Å²) in [5, 5.41) is 9.31. The van der Waals surface area contributed by atoms with Crippen LogP contribution in [0.3, 0.4) is 0 Å². The van der Waals surface area contributed by atoms with Crippen molar-refractivity contribution in [2.75, 3.05) is 32.7 Å². The Balaban J connectivity index is 2.52. The van der Waals surface area contributed by atoms with Gasteiger partial charge in [-0.25, -0.2) is 0 Å². The zero-order valence-electron chi connectivity index (χ0n) is 12.5. The van der Waals surface area contributed by atoms with E-state index < -0.39 is 11.4 Å². The first-order valence-corrected chi connectivity index (χ1v) is 6.90. The maximum Gasteiger partial charge on any atom is 0.310 e. The van der Waals surface area contributed by atoms with Crippen LogP contribution in [0.25, 0.3) is 0 Å². The Morgan fingerprint density at radius 1 is 1.11 bits per heavy atom. The van der Waals surface area contributed by atoms with Crippen LogP contribution in [0.2, 0.25) is 0 Å². The van der Waals surface area contributed by atoms with Crippen molar-refractivity contribution < 1.29 is 9.90 Å². The molecular weight excluding hydrogens is 228 g/mol. The lowest BCUT2D eigenvalue weighted by Crippen LogP contribution is -2.55. The summed E-state index contributed by atoms with van der Waals surface area (Å²) in [5.41, 5.74) is -0.392. The highest BCUT2D eigenvalue weighted by Crippen LogP contribution is 2.24. The van der Waals surface area contributed by atoms with Crippen molar-refractivity contribution in [1.29, 1.82) is 0 Å². The Labute approximate surface area is 111 Å². The van der Waals surface area contributed by atoms with E-state index in [1.54, 1.807) is 0 Å². The summed E-state index contributed by atoms with van der Waals surface area (Å²) in [6.45, 7) is 15.2. The fraction of sp³-hybridized carbons (Fsp3) is 0.929. The average molecular weight is 256 g/mol. The van der Waals surface area contributed by atoms with E-state index in [1.165, 1.54) is 0 Å². The molecule has 1 N–H and O–H groups in total. The molecule has 0 aromatic rings. The van der Waals surface area contributed by atoms with Gasteiger partial charge in [-0.05, 0) is 34.1 Å². The molecule has 0 aliphatic carbocycles. The molecule has 1 fully saturated rings. The van der Waals surface area contributed by atoms with E-state index in [4.69, 9.17) is 0 Å². The van der Waals surface area contributed by atoms with E-state index in [9.17, 15) is 9.90 Å². The standard InChI is InChI=1S/C14H28N2O2/c1-6-14(5,12(17)18)11-15-7-9-16(10-8-15)13(2,3)4/h6-11H2,1-5H3,(H,17,18). The minimum atomic E-state index is -0.678. The molecule has 0 radical (unpaired) electrons. The molecule has 1 rings (SSSR count). The number of carbonyl (C=O) groups is 1. The van der Waals surface area contributed by atoms with Crippen molar-refractivity contribution >= 4 is 5.97 Å². The fourth-order valence-corrected chi connectivity index (χ4v) is 2.40. The van der Waals surface area contributed by atoms with Gasteiger partial charge in [-0.3, -0.25) is 14.6 Å². The highest BCUT2D eigenvalue weighted by molar-refractivity contribution is 5.74. The van der Waals surface area contributed by atoms with E-state index in [2.05, 4.69) is 30.6 Å². The normalized spacial score (nSPS) is 22.7. The molecule has 106 valence electrons. The zero-order valence-corrected chi connectivity index (χ0v) is 12.5. The molecule has 0 aromatic carbocycles. The Hall–Kier alpha value is -0.610. The molecule has 1 aliphatic rings. The van der Waals surface area contributed by atoms with Gasteiger partial charge in [0.05, 0.1) is 5.41 Å². The van der Waals surface area contributed by atoms with Crippen molar-refractivity contribution in [3.63, 3.8) is 0 Å². The van der Waals surface area contributed by atoms with Crippen LogP contribution >= 0.6 is 0 Å². The van der Waals surface area contributed by atoms with Gasteiger partial charge < -0.3 is 5.11 Å². The summed E-state index contributed by atoms with van der Waals surface area (Å²) in [7, 11) is 0. The SMILES string of the molecule is CCC(C)(CN1CCN(C(C)(C)C)CC1)C(=O)O. The molecule has 4 heteroatoms. The van der Waals surface area contributed by atoms with E-state index in [-0.39, 0.29) is 5.54 Å². The first-order valence-electron chi connectivity index (χ1n) is 6.90. The Morgan fingerprint density at radius 3 is 1.94 bits per heavy atom. The van der Waals surface area contributed by atoms with E-state index >= 15 is 0 Å². The van der Waals surface area contributed by atoms with Gasteiger partial charge in [-0.1, -0.05) is 6.92 Å². The van der Waals surface area contributed by atoms with Gasteiger partial charge >= 0.3 is 5.97 Å². The van der Waals surface area contributed by atoms with E-state index in [1.807, 2.05) is 13.8 Å². The molecule has 18 heavy (non-hydrogen) atoms. The van der Waals surface area contributed by atoms with Crippen molar-refractivity contribution in [3.05, 3.63) is 0 Å². The number of carboxylic acid groups (broad SMARTS) is 1. The van der Waals surface area contributed by atoms with Crippen LogP contribution < -0.4 is 0 Å². The monoisotopic (exact) mass is 256 g/mol. The molecule has 0 spiro atoms. The summed E-state index contributed by atoms with van der Waals surface area (Å²) in [4.78, 5) is 16.1. The molecule has 1 heterocycles. The van der Waals surface area contributed by atoms with Crippen molar-refractivity contribution in [2.45, 2.75) is 46.6 Å². The molecule has 1 saturated heterocycles. The smallest absolute Gasteiger partial charge is 0.310 e. The van der Waals surface area contributed by atoms with Gasteiger partial charge in [0.15, 0.2) is 0 Å². The third-order valence-electron chi connectivity index (χ3n) is 4.19. The summed E-state index contributed by atoms with van der Waals surface area (Å²) in [6, 6.07) is 0. The predicted octanol–water partition coefficient (Wildman–Crippen LogP) is 1.90. The Bertz CT molecular complexity index is 291. The lowest BCUT2D eigenvalue weighted by Gasteiger charge is -2.43. The number of hydrogen-bond acceptors (Lipinski definition) is 3. The molecule has 0 saturated carbocycles. The van der Waals surface area contributed by atoms with Crippen molar-refractivity contribution in [2.24, 2.45) is 5.41 Å². The van der Waals surface area contributed by atoms with Gasteiger partial charge in [0.2, 0.25) is 0 Å². The minimum Gasteiger partial charge on any atom is -0.481 e. The van der Waals surface area contributed by atoms with Crippen LogP contribution in [0.5, 0.6) is 0 Å². The molecule has 0 aromatic heterocycles. The lowest BCUT2D eigenvalue weighted by atomic mass is 9.87. The Kier molecular flexibility index (Phi) is 4.78.